The van der Waals surface area contributed by atoms with E-state index in [2.05, 4.69) is 4.74 Å². The zero-order valence-electron chi connectivity index (χ0n) is 10.4. The second kappa shape index (κ2) is 1.41. The van der Waals surface area contributed by atoms with Gasteiger partial charge in [-0.3, -0.25) is 0 Å². The average molecular weight is 80.2 g/mol. The summed E-state index contributed by atoms with van der Waals surface area (Å²) in [4.78, 5) is 0. The molecule has 1 rings (SSSR count). The molecule has 1 aliphatic heterocycles. The van der Waals surface area contributed by atoms with Crippen molar-refractivity contribution < 1.29 is 15.7 Å². The molecule has 0 aliphatic carbocycles. The molecule has 1 aliphatic rings. The molecule has 0 unspecified atom stereocenters. The van der Waals surface area contributed by atoms with Crippen molar-refractivity contribution in [3.63, 3.8) is 0 Å². The van der Waals surface area contributed by atoms with Crippen LogP contribution in [0.15, 0.2) is 0 Å². The highest BCUT2D eigenvalue weighted by Gasteiger charge is 1.94. The van der Waals surface area contributed by atoms with Crippen LogP contribution in [0.2, 0.25) is 0 Å². The number of hydrogen-bond donors (Lipinski definition) is 0. The highest BCUT2D eigenvalue weighted by atomic mass is 16.5. The van der Waals surface area contributed by atoms with E-state index in [0.717, 1.165) is 0 Å². The molecular formula is C4H8O. The van der Waals surface area contributed by atoms with E-state index in [0.29, 0.717) is 0 Å². The number of hydrogen-bond acceptors (Lipinski definition) is 1. The largest absolute Gasteiger partial charge is 0.381 e. The molecule has 0 aromatic rings. The highest BCUT2D eigenvalue weighted by molar-refractivity contribution is 4.43. The first-order valence-electron chi connectivity index (χ1n) is 5.16. The quantitative estimate of drug-likeness (QED) is 0.418. The van der Waals surface area contributed by atoms with Crippen molar-refractivity contribution in [1.82, 2.24) is 0 Å². The number of ether oxygens (including phenoxy) is 1. The van der Waals surface area contributed by atoms with Crippen LogP contribution < -0.4 is 0 Å². The van der Waals surface area contributed by atoms with E-state index in [4.69, 9.17) is 11.0 Å². The normalized spacial score (nSPS) is 88.0. The van der Waals surface area contributed by atoms with E-state index >= 15 is 0 Å². The fraction of sp³-hybridized carbons (Fsp3) is 1.00. The Kier molecular flexibility index (Phi) is 0.131. The molecule has 1 heterocycles. The van der Waals surface area contributed by atoms with Gasteiger partial charge in [-0.25, -0.2) is 0 Å². The SMILES string of the molecule is [2H]C1([2H])OC([2H])([2H])C([2H])([2H])C1([2H])[2H]. The van der Waals surface area contributed by atoms with Crippen molar-refractivity contribution in [3.05, 3.63) is 0 Å². The molecule has 0 aromatic carbocycles. The summed E-state index contributed by atoms with van der Waals surface area (Å²) in [7, 11) is 0. The Morgan fingerprint density at radius 2 is 2.00 bits per heavy atom. The van der Waals surface area contributed by atoms with E-state index < -0.39 is 25.9 Å². The molecule has 0 radical (unpaired) electrons. The molecule has 30 valence electrons. The summed E-state index contributed by atoms with van der Waals surface area (Å²) in [6.45, 7) is -5.92. The van der Waals surface area contributed by atoms with Crippen molar-refractivity contribution in [1.29, 1.82) is 0 Å². The van der Waals surface area contributed by atoms with Crippen LogP contribution in [0.5, 0.6) is 0 Å². The first-order valence-corrected chi connectivity index (χ1v) is 1.16. The van der Waals surface area contributed by atoms with Gasteiger partial charge in [0, 0.05) is 18.6 Å². The third-order valence-electron chi connectivity index (χ3n) is 0.267. The highest BCUT2D eigenvalue weighted by Crippen LogP contribution is 1.98. The zero-order valence-corrected chi connectivity index (χ0v) is 2.41. The molecule has 0 bridgehead atoms. The molecule has 1 nitrogen and oxygen atoms in total. The molecule has 0 spiro atoms. The third-order valence-corrected chi connectivity index (χ3v) is 0.267. The Bertz CT molecular complexity index is 208. The standard InChI is InChI=1S/C4H8O/c1-2-4-5-3-1/h1-4H2/i1D2,2D2,3D2,4D2. The Morgan fingerprint density at radius 1 is 1.40 bits per heavy atom. The van der Waals surface area contributed by atoms with Crippen LogP contribution in [0.1, 0.15) is 23.7 Å². The van der Waals surface area contributed by atoms with Crippen molar-refractivity contribution in [3.8, 4) is 0 Å². The summed E-state index contributed by atoms with van der Waals surface area (Å²) in [6, 6.07) is 0. The lowest BCUT2D eigenvalue weighted by atomic mass is 10.4. The van der Waals surface area contributed by atoms with Crippen LogP contribution in [0, 0.1) is 0 Å². The Hall–Kier alpha value is -0.0400. The predicted molar refractivity (Wildman–Crippen MR) is 20.1 cm³/mol. The molecule has 1 saturated heterocycles. The van der Waals surface area contributed by atoms with Gasteiger partial charge in [0.15, 0.2) is 0 Å². The van der Waals surface area contributed by atoms with Crippen molar-refractivity contribution in [2.24, 2.45) is 0 Å². The fourth-order valence-corrected chi connectivity index (χ4v) is 0.128. The Balaban J connectivity index is 3.24. The van der Waals surface area contributed by atoms with E-state index in [1.54, 1.807) is 0 Å². The molecule has 5 heavy (non-hydrogen) atoms. The van der Waals surface area contributed by atoms with Gasteiger partial charge < -0.3 is 4.74 Å². The lowest BCUT2D eigenvalue weighted by Crippen LogP contribution is -1.74. The van der Waals surface area contributed by atoms with Crippen LogP contribution in [0.4, 0.5) is 0 Å². The summed E-state index contributed by atoms with van der Waals surface area (Å²) >= 11 is 0. The van der Waals surface area contributed by atoms with Gasteiger partial charge in [0.1, 0.15) is 0 Å². The molecule has 0 atom stereocenters. The van der Waals surface area contributed by atoms with Gasteiger partial charge in [0.05, 0.1) is 5.48 Å². The van der Waals surface area contributed by atoms with Crippen LogP contribution >= 0.6 is 0 Å². The van der Waals surface area contributed by atoms with Gasteiger partial charge in [-0.05, 0) is 12.7 Å². The Labute approximate surface area is 43.2 Å². The van der Waals surface area contributed by atoms with Crippen LogP contribution in [0.3, 0.4) is 0 Å². The summed E-state index contributed by atoms with van der Waals surface area (Å²) in [5.74, 6) is 0. The minimum absolute atomic E-state index is 2.96. The van der Waals surface area contributed by atoms with Gasteiger partial charge in [-0.2, -0.15) is 0 Å². The molecule has 0 amide bonds. The summed E-state index contributed by atoms with van der Waals surface area (Å²) < 4.78 is 60.4. The van der Waals surface area contributed by atoms with Gasteiger partial charge >= 0.3 is 0 Å². The maximum absolute atomic E-state index is 7.10. The average Bonchev–Trinajstić information content (AvgIpc) is 1.88. The second-order valence-electron chi connectivity index (χ2n) is 0.556. The van der Waals surface area contributed by atoms with E-state index in [-0.39, 0.29) is 0 Å². The van der Waals surface area contributed by atoms with Crippen molar-refractivity contribution in [2.75, 3.05) is 13.1 Å². The maximum atomic E-state index is 7.10. The van der Waals surface area contributed by atoms with E-state index in [1.807, 2.05) is 0 Å². The minimum Gasteiger partial charge on any atom is -0.381 e. The molecule has 0 aromatic heterocycles. The molecule has 0 saturated carbocycles. The lowest BCUT2D eigenvalue weighted by Gasteiger charge is -1.76. The molecular weight excluding hydrogens is 64.0 g/mol. The maximum Gasteiger partial charge on any atom is 0.0567 e. The fourth-order valence-electron chi connectivity index (χ4n) is 0.128. The van der Waals surface area contributed by atoms with Crippen molar-refractivity contribution in [2.45, 2.75) is 12.7 Å². The van der Waals surface area contributed by atoms with Crippen LogP contribution in [0.25, 0.3) is 0 Å². The summed E-state index contributed by atoms with van der Waals surface area (Å²) in [5.41, 5.74) is 0. The smallest absolute Gasteiger partial charge is 0.0567 e. The van der Waals surface area contributed by atoms with E-state index in [9.17, 15) is 0 Å². The monoisotopic (exact) mass is 80.1 g/mol. The van der Waals surface area contributed by atoms with Gasteiger partial charge in [-0.1, -0.05) is 0 Å². The van der Waals surface area contributed by atoms with Gasteiger partial charge in [-0.15, -0.1) is 0 Å². The summed E-state index contributed by atoms with van der Waals surface area (Å²) in [6.07, 6.45) is -6.02. The van der Waals surface area contributed by atoms with Gasteiger partial charge in [0.2, 0.25) is 0 Å². The molecule has 1 fully saturated rings. The predicted octanol–water partition coefficient (Wildman–Crippen LogP) is 0.797. The zero-order chi connectivity index (χ0) is 10.7. The van der Waals surface area contributed by atoms with Crippen molar-refractivity contribution >= 4 is 0 Å². The summed E-state index contributed by atoms with van der Waals surface area (Å²) in [5, 5.41) is 0. The van der Waals surface area contributed by atoms with E-state index in [1.165, 1.54) is 0 Å². The number of rotatable bonds is 0. The lowest BCUT2D eigenvalue weighted by molar-refractivity contribution is 0.198. The first kappa shape index (κ1) is 0.463. The molecule has 1 heteroatoms. The minimum atomic E-state index is -3.01. The van der Waals surface area contributed by atoms with Gasteiger partial charge in [0.25, 0.3) is 0 Å². The molecule has 0 N–H and O–H groups in total. The third kappa shape index (κ3) is 0.618. The topological polar surface area (TPSA) is 9.23 Å². The second-order valence-corrected chi connectivity index (χ2v) is 0.556. The van der Waals surface area contributed by atoms with Crippen LogP contribution in [-0.4, -0.2) is 13.1 Å². The van der Waals surface area contributed by atoms with Crippen LogP contribution in [-0.2, 0) is 4.74 Å². The first-order chi connectivity index (χ1) is 5.46. The Morgan fingerprint density at radius 3 is 2.20 bits per heavy atom.